The first-order chi connectivity index (χ1) is 6.83. The third kappa shape index (κ3) is 2.76. The molecule has 0 unspecified atom stereocenters. The molecule has 0 atom stereocenters. The minimum Gasteiger partial charge on any atom is -0.508 e. The summed E-state index contributed by atoms with van der Waals surface area (Å²) in [6.45, 7) is 3.14. The van der Waals surface area contributed by atoms with Crippen molar-refractivity contribution >= 4 is 21.4 Å². The first kappa shape index (κ1) is 11.6. The summed E-state index contributed by atoms with van der Waals surface area (Å²) in [5.41, 5.74) is 6.01. The average molecular weight is 230 g/mol. The molecule has 0 aliphatic heterocycles. The maximum absolute atomic E-state index is 11.5. The van der Waals surface area contributed by atoms with Gasteiger partial charge in [-0.3, -0.25) is 4.72 Å². The quantitative estimate of drug-likeness (QED) is 0.536. The fraction of sp³-hybridized carbons (Fsp3) is 0.333. The molecule has 0 radical (unpaired) electrons. The van der Waals surface area contributed by atoms with Crippen molar-refractivity contribution in [3.05, 3.63) is 18.2 Å². The highest BCUT2D eigenvalue weighted by atomic mass is 32.2. The molecule has 0 fully saturated rings. The molecular formula is C9H14N2O3S. The van der Waals surface area contributed by atoms with Gasteiger partial charge in [0, 0.05) is 6.07 Å². The summed E-state index contributed by atoms with van der Waals surface area (Å²) in [5.74, 6) is -0.00000472. The highest BCUT2D eigenvalue weighted by Crippen LogP contribution is 2.24. The van der Waals surface area contributed by atoms with Crippen LogP contribution in [-0.2, 0) is 10.0 Å². The van der Waals surface area contributed by atoms with Crippen LogP contribution in [0.5, 0.6) is 5.75 Å². The molecule has 0 heterocycles. The molecule has 0 aliphatic rings. The van der Waals surface area contributed by atoms with Crippen molar-refractivity contribution in [2.24, 2.45) is 0 Å². The Morgan fingerprint density at radius 3 is 2.47 bits per heavy atom. The van der Waals surface area contributed by atoms with Gasteiger partial charge in [0.15, 0.2) is 0 Å². The third-order valence-corrected chi connectivity index (χ3v) is 3.65. The fourth-order valence-electron chi connectivity index (χ4n) is 0.914. The molecule has 0 aromatic heterocycles. The van der Waals surface area contributed by atoms with Crippen LogP contribution in [0.2, 0.25) is 0 Å². The van der Waals surface area contributed by atoms with Crippen LogP contribution >= 0.6 is 0 Å². The van der Waals surface area contributed by atoms with Gasteiger partial charge in [-0.05, 0) is 26.0 Å². The van der Waals surface area contributed by atoms with E-state index in [1.165, 1.54) is 18.2 Å². The number of phenolic OH excluding ortho intramolecular Hbond substituents is 1. The van der Waals surface area contributed by atoms with E-state index in [1.54, 1.807) is 13.8 Å². The smallest absolute Gasteiger partial charge is 0.235 e. The van der Waals surface area contributed by atoms with Crippen molar-refractivity contribution in [3.8, 4) is 5.75 Å². The topological polar surface area (TPSA) is 92.4 Å². The predicted molar refractivity (Wildman–Crippen MR) is 60.2 cm³/mol. The van der Waals surface area contributed by atoms with Crippen molar-refractivity contribution in [1.82, 2.24) is 0 Å². The molecule has 1 aromatic carbocycles. The first-order valence-electron chi connectivity index (χ1n) is 4.43. The Balaban J connectivity index is 3.01. The minimum absolute atomic E-state index is 0.00000472. The number of nitrogens with two attached hydrogens (primary N) is 1. The van der Waals surface area contributed by atoms with Crippen LogP contribution in [0.3, 0.4) is 0 Å². The van der Waals surface area contributed by atoms with Crippen LogP contribution in [0.15, 0.2) is 18.2 Å². The average Bonchev–Trinajstić information content (AvgIpc) is 2.09. The Hall–Kier alpha value is -1.43. The lowest BCUT2D eigenvalue weighted by molar-refractivity contribution is 0.475. The van der Waals surface area contributed by atoms with E-state index in [0.717, 1.165) is 0 Å². The zero-order valence-electron chi connectivity index (χ0n) is 8.56. The molecule has 4 N–H and O–H groups in total. The lowest BCUT2D eigenvalue weighted by atomic mass is 10.2. The number of anilines is 2. The van der Waals surface area contributed by atoms with E-state index in [9.17, 15) is 8.42 Å². The lowest BCUT2D eigenvalue weighted by Gasteiger charge is -2.12. The SMILES string of the molecule is CC(C)S(=O)(=O)Nc1ccc(O)cc1N. The zero-order chi connectivity index (χ0) is 11.6. The van der Waals surface area contributed by atoms with Gasteiger partial charge in [0.05, 0.1) is 16.6 Å². The molecule has 84 valence electrons. The fourth-order valence-corrected chi connectivity index (χ4v) is 1.64. The van der Waals surface area contributed by atoms with Gasteiger partial charge >= 0.3 is 0 Å². The van der Waals surface area contributed by atoms with Crippen molar-refractivity contribution in [3.63, 3.8) is 0 Å². The van der Waals surface area contributed by atoms with Crippen LogP contribution < -0.4 is 10.5 Å². The van der Waals surface area contributed by atoms with E-state index < -0.39 is 15.3 Å². The number of aromatic hydroxyl groups is 1. The zero-order valence-corrected chi connectivity index (χ0v) is 9.38. The van der Waals surface area contributed by atoms with E-state index in [4.69, 9.17) is 10.8 Å². The summed E-state index contributed by atoms with van der Waals surface area (Å²) < 4.78 is 25.4. The van der Waals surface area contributed by atoms with Gasteiger partial charge in [-0.2, -0.15) is 0 Å². The van der Waals surface area contributed by atoms with Crippen molar-refractivity contribution in [2.75, 3.05) is 10.5 Å². The first-order valence-corrected chi connectivity index (χ1v) is 5.97. The second-order valence-electron chi connectivity index (χ2n) is 3.47. The van der Waals surface area contributed by atoms with E-state index in [1.807, 2.05) is 0 Å². The molecule has 6 heteroatoms. The number of benzene rings is 1. The Bertz CT molecular complexity index is 454. The highest BCUT2D eigenvalue weighted by molar-refractivity contribution is 7.93. The summed E-state index contributed by atoms with van der Waals surface area (Å²) in [6, 6.07) is 4.08. The van der Waals surface area contributed by atoms with Crippen molar-refractivity contribution < 1.29 is 13.5 Å². The number of nitrogens with one attached hydrogen (secondary N) is 1. The second kappa shape index (κ2) is 3.98. The van der Waals surface area contributed by atoms with Gasteiger partial charge in [-0.25, -0.2) is 8.42 Å². The summed E-state index contributed by atoms with van der Waals surface area (Å²) in [6.07, 6.45) is 0. The molecule has 0 bridgehead atoms. The van der Waals surface area contributed by atoms with Gasteiger partial charge in [0.1, 0.15) is 5.75 Å². The standard InChI is InChI=1S/C9H14N2O3S/c1-6(2)15(13,14)11-9-4-3-7(12)5-8(9)10/h3-6,11-12H,10H2,1-2H3. The molecule has 0 aliphatic carbocycles. The number of sulfonamides is 1. The predicted octanol–water partition coefficient (Wildman–Crippen LogP) is 1.12. The van der Waals surface area contributed by atoms with Gasteiger partial charge < -0.3 is 10.8 Å². The molecular weight excluding hydrogens is 216 g/mol. The van der Waals surface area contributed by atoms with Crippen LogP contribution in [0.25, 0.3) is 0 Å². The number of hydrogen-bond donors (Lipinski definition) is 3. The maximum atomic E-state index is 11.5. The summed E-state index contributed by atoms with van der Waals surface area (Å²) >= 11 is 0. The monoisotopic (exact) mass is 230 g/mol. The molecule has 1 rings (SSSR count). The number of nitrogen functional groups attached to an aromatic ring is 1. The van der Waals surface area contributed by atoms with Gasteiger partial charge in [0.25, 0.3) is 0 Å². The minimum atomic E-state index is -3.40. The van der Waals surface area contributed by atoms with Crippen LogP contribution in [0, 0.1) is 0 Å². The lowest BCUT2D eigenvalue weighted by Crippen LogP contribution is -2.22. The number of hydrogen-bond acceptors (Lipinski definition) is 4. The van der Waals surface area contributed by atoms with Crippen LogP contribution in [0.4, 0.5) is 11.4 Å². The Kier molecular flexibility index (Phi) is 3.09. The Morgan fingerprint density at radius 1 is 1.40 bits per heavy atom. The molecule has 1 aromatic rings. The normalized spacial score (nSPS) is 11.7. The molecule has 0 saturated heterocycles. The summed E-state index contributed by atoms with van der Waals surface area (Å²) in [4.78, 5) is 0. The van der Waals surface area contributed by atoms with Crippen molar-refractivity contribution in [2.45, 2.75) is 19.1 Å². The van der Waals surface area contributed by atoms with Gasteiger partial charge in [-0.1, -0.05) is 0 Å². The second-order valence-corrected chi connectivity index (χ2v) is 5.70. The summed E-state index contributed by atoms with van der Waals surface area (Å²) in [7, 11) is -3.40. The van der Waals surface area contributed by atoms with Crippen LogP contribution in [-0.4, -0.2) is 18.8 Å². The number of rotatable bonds is 3. The third-order valence-electron chi connectivity index (χ3n) is 1.91. The number of phenols is 1. The molecule has 0 spiro atoms. The van der Waals surface area contributed by atoms with Crippen molar-refractivity contribution in [1.29, 1.82) is 0 Å². The van der Waals surface area contributed by atoms with Gasteiger partial charge in [0.2, 0.25) is 10.0 Å². The molecule has 15 heavy (non-hydrogen) atoms. The van der Waals surface area contributed by atoms with Crippen LogP contribution in [0.1, 0.15) is 13.8 Å². The molecule has 5 nitrogen and oxygen atoms in total. The molecule has 0 saturated carbocycles. The largest absolute Gasteiger partial charge is 0.508 e. The van der Waals surface area contributed by atoms with E-state index in [2.05, 4.69) is 4.72 Å². The van der Waals surface area contributed by atoms with Gasteiger partial charge in [-0.15, -0.1) is 0 Å². The maximum Gasteiger partial charge on any atom is 0.235 e. The van der Waals surface area contributed by atoms with E-state index in [0.29, 0.717) is 0 Å². The van der Waals surface area contributed by atoms with E-state index >= 15 is 0 Å². The molecule has 0 amide bonds. The highest BCUT2D eigenvalue weighted by Gasteiger charge is 2.16. The van der Waals surface area contributed by atoms with E-state index in [-0.39, 0.29) is 17.1 Å². The summed E-state index contributed by atoms with van der Waals surface area (Å²) in [5, 5.41) is 8.55. The Labute approximate surface area is 89.0 Å². The Morgan fingerprint density at radius 2 is 2.00 bits per heavy atom.